The number of aromatic nitrogens is 2. The monoisotopic (exact) mass is 613 g/mol. The van der Waals surface area contributed by atoms with E-state index in [0.717, 1.165) is 29.8 Å². The molecule has 1 aliphatic heterocycles. The first-order chi connectivity index (χ1) is 19.3. The fourth-order valence-electron chi connectivity index (χ4n) is 4.85. The van der Waals surface area contributed by atoms with Gasteiger partial charge < -0.3 is 15.0 Å². The molecule has 1 saturated heterocycles. The summed E-state index contributed by atoms with van der Waals surface area (Å²) < 4.78 is 35.1. The summed E-state index contributed by atoms with van der Waals surface area (Å²) in [5.74, 6) is 4.15. The lowest BCUT2D eigenvalue weighted by atomic mass is 9.93. The third-order valence-electron chi connectivity index (χ3n) is 6.95. The van der Waals surface area contributed by atoms with Gasteiger partial charge in [0.1, 0.15) is 5.75 Å². The third kappa shape index (κ3) is 7.82. The van der Waals surface area contributed by atoms with Crippen molar-refractivity contribution in [2.75, 3.05) is 42.7 Å². The van der Waals surface area contributed by atoms with Gasteiger partial charge >= 0.3 is 0 Å². The standard InChI is InChI=1S/C30H35N5O3S2.ClH/c1-35(2)20-22-8-12-25(13-9-22)40(36,37)34-30-29(31-26-6-4-5-7-27(26)32-30)33-28-19-24(38-3)11-10-23(28)18-21-14-16-39-17-15-21;/h4-13,19,21H,14-18,20H2,1-3H3,(H,31,33)(H,32,34);1H. The minimum absolute atomic E-state index is 0. The summed E-state index contributed by atoms with van der Waals surface area (Å²) in [5, 5.41) is 3.41. The summed E-state index contributed by atoms with van der Waals surface area (Å²) in [6.07, 6.45) is 3.29. The molecule has 11 heteroatoms. The molecular weight excluding hydrogens is 578 g/mol. The lowest BCUT2D eigenvalue weighted by molar-refractivity contribution is 0.402. The molecular formula is C30H36ClN5O3S2. The zero-order chi connectivity index (χ0) is 28.1. The fourth-order valence-corrected chi connectivity index (χ4v) is 7.06. The molecule has 0 radical (unpaired) electrons. The van der Waals surface area contributed by atoms with Crippen molar-refractivity contribution >= 4 is 62.5 Å². The molecule has 0 atom stereocenters. The quantitative estimate of drug-likeness (QED) is 0.214. The van der Waals surface area contributed by atoms with Crippen LogP contribution in [0.2, 0.25) is 0 Å². The number of fused-ring (bicyclic) bond motifs is 1. The van der Waals surface area contributed by atoms with Crippen molar-refractivity contribution < 1.29 is 13.2 Å². The first-order valence-electron chi connectivity index (χ1n) is 13.4. The Labute approximate surface area is 252 Å². The summed E-state index contributed by atoms with van der Waals surface area (Å²) >= 11 is 2.01. The van der Waals surface area contributed by atoms with Crippen LogP contribution in [0.3, 0.4) is 0 Å². The first kappa shape index (κ1) is 30.9. The van der Waals surface area contributed by atoms with E-state index in [4.69, 9.17) is 9.72 Å². The molecule has 1 aliphatic rings. The number of thioether (sulfide) groups is 1. The van der Waals surface area contributed by atoms with Gasteiger partial charge in [-0.15, -0.1) is 12.4 Å². The molecule has 218 valence electrons. The number of rotatable bonds is 10. The normalized spacial score (nSPS) is 14.0. The second-order valence-electron chi connectivity index (χ2n) is 10.3. The molecule has 0 aliphatic carbocycles. The van der Waals surface area contributed by atoms with Crippen LogP contribution < -0.4 is 14.8 Å². The van der Waals surface area contributed by atoms with Gasteiger partial charge in [0.2, 0.25) is 0 Å². The maximum atomic E-state index is 13.5. The minimum Gasteiger partial charge on any atom is -0.497 e. The van der Waals surface area contributed by atoms with Gasteiger partial charge in [-0.1, -0.05) is 30.3 Å². The number of ether oxygens (including phenoxy) is 1. The number of hydrogen-bond donors (Lipinski definition) is 2. The number of nitrogens with zero attached hydrogens (tertiary/aromatic N) is 3. The van der Waals surface area contributed by atoms with Gasteiger partial charge in [0.25, 0.3) is 10.0 Å². The molecule has 1 fully saturated rings. The van der Waals surface area contributed by atoms with Gasteiger partial charge in [-0.3, -0.25) is 4.72 Å². The van der Waals surface area contributed by atoms with Gasteiger partial charge in [-0.05, 0) is 92.2 Å². The molecule has 0 amide bonds. The number of sulfonamides is 1. The number of nitrogens with one attached hydrogen (secondary N) is 2. The van der Waals surface area contributed by atoms with Crippen LogP contribution in [0.25, 0.3) is 11.0 Å². The average molecular weight is 614 g/mol. The number of anilines is 3. The molecule has 0 unspecified atom stereocenters. The van der Waals surface area contributed by atoms with Crippen molar-refractivity contribution in [1.82, 2.24) is 14.9 Å². The van der Waals surface area contributed by atoms with Crippen LogP contribution >= 0.6 is 24.2 Å². The number of methoxy groups -OCH3 is 1. The van der Waals surface area contributed by atoms with E-state index in [-0.39, 0.29) is 23.1 Å². The van der Waals surface area contributed by atoms with Gasteiger partial charge in [-0.2, -0.15) is 11.8 Å². The molecule has 0 spiro atoms. The summed E-state index contributed by atoms with van der Waals surface area (Å²) in [7, 11) is 1.66. The van der Waals surface area contributed by atoms with E-state index in [1.807, 2.05) is 79.3 Å². The molecule has 8 nitrogen and oxygen atoms in total. The maximum Gasteiger partial charge on any atom is 0.263 e. The SMILES string of the molecule is COc1ccc(CC2CCSCC2)c(Nc2nc3ccccc3nc2NS(=O)(=O)c2ccc(CN(C)C)cc2)c1.Cl. The molecule has 1 aromatic heterocycles. The lowest BCUT2D eigenvalue weighted by Crippen LogP contribution is -2.17. The Morgan fingerprint density at radius 2 is 1.61 bits per heavy atom. The highest BCUT2D eigenvalue weighted by Gasteiger charge is 2.21. The Bertz CT molecular complexity index is 1580. The Morgan fingerprint density at radius 1 is 0.951 bits per heavy atom. The summed E-state index contributed by atoms with van der Waals surface area (Å²) in [5.41, 5.74) is 4.25. The zero-order valence-electron chi connectivity index (χ0n) is 23.5. The fraction of sp³-hybridized carbons (Fsp3) is 0.333. The topological polar surface area (TPSA) is 96.5 Å². The van der Waals surface area contributed by atoms with Crippen LogP contribution in [-0.2, 0) is 23.0 Å². The highest BCUT2D eigenvalue weighted by molar-refractivity contribution is 7.99. The predicted molar refractivity (Wildman–Crippen MR) is 171 cm³/mol. The second-order valence-corrected chi connectivity index (χ2v) is 13.2. The van der Waals surface area contributed by atoms with Crippen LogP contribution in [0.15, 0.2) is 71.6 Å². The molecule has 41 heavy (non-hydrogen) atoms. The first-order valence-corrected chi connectivity index (χ1v) is 16.0. The van der Waals surface area contributed by atoms with Gasteiger partial charge in [0, 0.05) is 18.3 Å². The molecule has 2 N–H and O–H groups in total. The summed E-state index contributed by atoms with van der Waals surface area (Å²) in [6, 6.07) is 20.3. The summed E-state index contributed by atoms with van der Waals surface area (Å²) in [6.45, 7) is 0.723. The Balaban J connectivity index is 0.00000387. The number of hydrogen-bond acceptors (Lipinski definition) is 8. The van der Waals surface area contributed by atoms with Crippen LogP contribution in [0.5, 0.6) is 5.75 Å². The van der Waals surface area contributed by atoms with Crippen molar-refractivity contribution in [2.45, 2.75) is 30.7 Å². The van der Waals surface area contributed by atoms with E-state index in [0.29, 0.717) is 28.5 Å². The largest absolute Gasteiger partial charge is 0.497 e. The molecule has 0 bridgehead atoms. The zero-order valence-corrected chi connectivity index (χ0v) is 25.9. The summed E-state index contributed by atoms with van der Waals surface area (Å²) in [4.78, 5) is 11.7. The number of halogens is 1. The van der Waals surface area contributed by atoms with E-state index in [2.05, 4.69) is 21.1 Å². The molecule has 2 heterocycles. The maximum absolute atomic E-state index is 13.5. The predicted octanol–water partition coefficient (Wildman–Crippen LogP) is 6.35. The van der Waals surface area contributed by atoms with E-state index < -0.39 is 10.0 Å². The minimum atomic E-state index is -3.92. The van der Waals surface area contributed by atoms with Crippen molar-refractivity contribution in [1.29, 1.82) is 0 Å². The van der Waals surface area contributed by atoms with E-state index in [1.165, 1.54) is 24.3 Å². The van der Waals surface area contributed by atoms with Crippen molar-refractivity contribution in [3.63, 3.8) is 0 Å². The Morgan fingerprint density at radius 3 is 2.24 bits per heavy atom. The van der Waals surface area contributed by atoms with Crippen LogP contribution in [0.4, 0.5) is 17.3 Å². The molecule has 4 aromatic rings. The third-order valence-corrected chi connectivity index (χ3v) is 9.36. The second kappa shape index (κ2) is 13.7. The smallest absolute Gasteiger partial charge is 0.263 e. The van der Waals surface area contributed by atoms with Crippen LogP contribution in [0, 0.1) is 5.92 Å². The van der Waals surface area contributed by atoms with Gasteiger partial charge in [0.05, 0.1) is 23.0 Å². The molecule has 0 saturated carbocycles. The van der Waals surface area contributed by atoms with E-state index in [1.54, 1.807) is 19.2 Å². The van der Waals surface area contributed by atoms with Gasteiger partial charge in [0.15, 0.2) is 11.6 Å². The van der Waals surface area contributed by atoms with Crippen molar-refractivity contribution in [2.24, 2.45) is 5.92 Å². The Hall–Kier alpha value is -3.05. The van der Waals surface area contributed by atoms with Crippen LogP contribution in [0.1, 0.15) is 24.0 Å². The van der Waals surface area contributed by atoms with E-state index in [9.17, 15) is 8.42 Å². The highest BCUT2D eigenvalue weighted by atomic mass is 35.5. The Kier molecular flexibility index (Phi) is 10.4. The highest BCUT2D eigenvalue weighted by Crippen LogP contribution is 2.34. The molecule has 5 rings (SSSR count). The number of para-hydroxylation sites is 2. The van der Waals surface area contributed by atoms with Crippen molar-refractivity contribution in [3.8, 4) is 5.75 Å². The van der Waals surface area contributed by atoms with Crippen molar-refractivity contribution in [3.05, 3.63) is 77.9 Å². The number of benzene rings is 3. The van der Waals surface area contributed by atoms with Crippen LogP contribution in [-0.4, -0.2) is 56.0 Å². The van der Waals surface area contributed by atoms with E-state index >= 15 is 0 Å². The molecule has 3 aromatic carbocycles. The lowest BCUT2D eigenvalue weighted by Gasteiger charge is -2.23. The average Bonchev–Trinajstić information content (AvgIpc) is 2.94. The van der Waals surface area contributed by atoms with Gasteiger partial charge in [-0.25, -0.2) is 18.4 Å².